The van der Waals surface area contributed by atoms with E-state index in [1.807, 2.05) is 6.92 Å². The monoisotopic (exact) mass is 268 g/mol. The van der Waals surface area contributed by atoms with Gasteiger partial charge in [0.1, 0.15) is 11.5 Å². The van der Waals surface area contributed by atoms with Gasteiger partial charge >= 0.3 is 5.82 Å². The van der Waals surface area contributed by atoms with Crippen molar-refractivity contribution < 1.29 is 8.83 Å². The van der Waals surface area contributed by atoms with Crippen molar-refractivity contribution in [3.05, 3.63) is 22.1 Å². The van der Waals surface area contributed by atoms with E-state index in [4.69, 9.17) is 8.83 Å². The molecule has 0 aliphatic rings. The van der Waals surface area contributed by atoms with Gasteiger partial charge in [-0.2, -0.15) is 0 Å². The molecule has 0 saturated heterocycles. The molecule has 0 aliphatic heterocycles. The fourth-order valence-corrected chi connectivity index (χ4v) is 2.81. The molecule has 1 rings (SSSR count). The Labute approximate surface area is 116 Å². The molecule has 110 valence electrons. The summed E-state index contributed by atoms with van der Waals surface area (Å²) in [5, 5.41) is 0. The highest BCUT2D eigenvalue weighted by atomic mass is 16.6. The summed E-state index contributed by atoms with van der Waals surface area (Å²) in [6.45, 7) is 8.55. The van der Waals surface area contributed by atoms with Crippen molar-refractivity contribution in [2.45, 2.75) is 79.1 Å². The molecule has 0 fully saturated rings. The highest BCUT2D eigenvalue weighted by Crippen LogP contribution is 2.34. The maximum atomic E-state index is 11.1. The maximum Gasteiger partial charge on any atom is 0.519 e. The highest BCUT2D eigenvalue weighted by Gasteiger charge is 2.26. The lowest BCUT2D eigenvalue weighted by Crippen LogP contribution is -2.20. The molecule has 0 N–H and O–H groups in total. The summed E-state index contributed by atoms with van der Waals surface area (Å²) in [4.78, 5) is 11.1. The van der Waals surface area contributed by atoms with Crippen LogP contribution in [0.3, 0.4) is 0 Å². The lowest BCUT2D eigenvalue weighted by molar-refractivity contribution is 0.236. The van der Waals surface area contributed by atoms with E-state index in [0.29, 0.717) is 5.76 Å². The molecular formula is C16H28O3. The average Bonchev–Trinajstić information content (AvgIpc) is 2.64. The summed E-state index contributed by atoms with van der Waals surface area (Å²) >= 11 is 0. The smallest absolute Gasteiger partial charge is 0.396 e. The predicted molar refractivity (Wildman–Crippen MR) is 77.5 cm³/mol. The van der Waals surface area contributed by atoms with Gasteiger partial charge < -0.3 is 8.83 Å². The van der Waals surface area contributed by atoms with Gasteiger partial charge in [0, 0.05) is 6.42 Å². The third-order valence-corrected chi connectivity index (χ3v) is 3.91. The molecule has 3 heteroatoms. The highest BCUT2D eigenvalue weighted by molar-refractivity contribution is 5.04. The first kappa shape index (κ1) is 16.1. The van der Waals surface area contributed by atoms with E-state index in [0.717, 1.165) is 25.0 Å². The molecule has 1 aromatic rings. The second kappa shape index (κ2) is 7.56. The van der Waals surface area contributed by atoms with Crippen molar-refractivity contribution in [3.63, 3.8) is 0 Å². The largest absolute Gasteiger partial charge is 0.519 e. The second-order valence-electron chi connectivity index (χ2n) is 5.98. The van der Waals surface area contributed by atoms with E-state index in [2.05, 4.69) is 20.8 Å². The van der Waals surface area contributed by atoms with Crippen LogP contribution >= 0.6 is 0 Å². The molecule has 0 saturated carbocycles. The van der Waals surface area contributed by atoms with Crippen LogP contribution in [-0.4, -0.2) is 0 Å². The number of rotatable bonds is 9. The Morgan fingerprint density at radius 3 is 2.26 bits per heavy atom. The maximum absolute atomic E-state index is 11.1. The van der Waals surface area contributed by atoms with Crippen LogP contribution in [-0.2, 0) is 6.42 Å². The van der Waals surface area contributed by atoms with E-state index in [1.54, 1.807) is 0 Å². The van der Waals surface area contributed by atoms with Crippen LogP contribution in [0, 0.1) is 12.3 Å². The summed E-state index contributed by atoms with van der Waals surface area (Å²) in [7, 11) is 0. The standard InChI is InChI=1S/C16H28O3/c1-5-7-8-9-11-16(4,10-6-2)12-14-13(3)18-15(17)19-14/h5-12H2,1-4H3. The van der Waals surface area contributed by atoms with Gasteiger partial charge in [-0.05, 0) is 25.2 Å². The Balaban J connectivity index is 2.64. The normalized spacial score (nSPS) is 14.5. The number of hydrogen-bond acceptors (Lipinski definition) is 3. The molecule has 1 atom stereocenters. The number of unbranched alkanes of at least 4 members (excludes halogenated alkanes) is 3. The van der Waals surface area contributed by atoms with Gasteiger partial charge in [0.05, 0.1) is 0 Å². The summed E-state index contributed by atoms with van der Waals surface area (Å²) in [6.07, 6.45) is 9.44. The molecule has 1 heterocycles. The molecule has 0 amide bonds. The van der Waals surface area contributed by atoms with Gasteiger partial charge in [-0.3, -0.25) is 0 Å². The first-order chi connectivity index (χ1) is 9.00. The topological polar surface area (TPSA) is 43.4 Å². The minimum Gasteiger partial charge on any atom is -0.396 e. The summed E-state index contributed by atoms with van der Waals surface area (Å²) in [5.41, 5.74) is 0.215. The molecule has 1 unspecified atom stereocenters. The van der Waals surface area contributed by atoms with Crippen molar-refractivity contribution in [1.82, 2.24) is 0 Å². The van der Waals surface area contributed by atoms with Gasteiger partial charge in [-0.25, -0.2) is 4.79 Å². The molecule has 1 aromatic heterocycles. The van der Waals surface area contributed by atoms with E-state index in [1.165, 1.54) is 32.1 Å². The van der Waals surface area contributed by atoms with Crippen molar-refractivity contribution in [2.75, 3.05) is 0 Å². The van der Waals surface area contributed by atoms with Crippen LogP contribution in [0.2, 0.25) is 0 Å². The second-order valence-corrected chi connectivity index (χ2v) is 5.98. The van der Waals surface area contributed by atoms with Crippen molar-refractivity contribution in [1.29, 1.82) is 0 Å². The Morgan fingerprint density at radius 2 is 1.74 bits per heavy atom. The lowest BCUT2D eigenvalue weighted by atomic mass is 9.77. The minimum absolute atomic E-state index is 0.215. The quantitative estimate of drug-likeness (QED) is 0.601. The van der Waals surface area contributed by atoms with E-state index >= 15 is 0 Å². The van der Waals surface area contributed by atoms with Crippen LogP contribution in [0.15, 0.2) is 13.6 Å². The number of aryl methyl sites for hydroxylation is 1. The van der Waals surface area contributed by atoms with E-state index < -0.39 is 5.82 Å². The molecular weight excluding hydrogens is 240 g/mol. The fourth-order valence-electron chi connectivity index (χ4n) is 2.81. The molecule has 0 radical (unpaired) electrons. The molecule has 0 aliphatic carbocycles. The van der Waals surface area contributed by atoms with Crippen LogP contribution < -0.4 is 5.82 Å². The predicted octanol–water partition coefficient (Wildman–Crippen LogP) is 4.86. The average molecular weight is 268 g/mol. The van der Waals surface area contributed by atoms with Crippen molar-refractivity contribution in [3.8, 4) is 0 Å². The van der Waals surface area contributed by atoms with Gasteiger partial charge in [0.2, 0.25) is 0 Å². The third kappa shape index (κ3) is 5.25. The summed E-state index contributed by atoms with van der Waals surface area (Å²) < 4.78 is 10.1. The first-order valence-corrected chi connectivity index (χ1v) is 7.60. The summed E-state index contributed by atoms with van der Waals surface area (Å²) in [6, 6.07) is 0. The molecule has 0 spiro atoms. The van der Waals surface area contributed by atoms with Crippen LogP contribution in [0.5, 0.6) is 0 Å². The van der Waals surface area contributed by atoms with Crippen LogP contribution in [0.1, 0.15) is 77.2 Å². The third-order valence-electron chi connectivity index (χ3n) is 3.91. The molecule has 3 nitrogen and oxygen atoms in total. The molecule has 19 heavy (non-hydrogen) atoms. The first-order valence-electron chi connectivity index (χ1n) is 7.60. The minimum atomic E-state index is -0.572. The van der Waals surface area contributed by atoms with Crippen LogP contribution in [0.4, 0.5) is 0 Å². The Bertz CT molecular complexity index is 416. The van der Waals surface area contributed by atoms with Gasteiger partial charge in [0.15, 0.2) is 0 Å². The lowest BCUT2D eigenvalue weighted by Gasteiger charge is -2.28. The van der Waals surface area contributed by atoms with Gasteiger partial charge in [-0.1, -0.05) is 52.9 Å². The number of hydrogen-bond donors (Lipinski definition) is 0. The van der Waals surface area contributed by atoms with Gasteiger partial charge in [-0.15, -0.1) is 0 Å². The Kier molecular flexibility index (Phi) is 6.40. The van der Waals surface area contributed by atoms with E-state index in [9.17, 15) is 4.79 Å². The van der Waals surface area contributed by atoms with Gasteiger partial charge in [0.25, 0.3) is 0 Å². The summed E-state index contributed by atoms with van der Waals surface area (Å²) in [5.74, 6) is 0.801. The zero-order valence-electron chi connectivity index (χ0n) is 12.9. The van der Waals surface area contributed by atoms with Crippen molar-refractivity contribution >= 4 is 0 Å². The Hall–Kier alpha value is -0.990. The fraction of sp³-hybridized carbons (Fsp3) is 0.812. The zero-order valence-corrected chi connectivity index (χ0v) is 12.9. The van der Waals surface area contributed by atoms with Crippen molar-refractivity contribution in [2.24, 2.45) is 5.41 Å². The van der Waals surface area contributed by atoms with E-state index in [-0.39, 0.29) is 5.41 Å². The van der Waals surface area contributed by atoms with Crippen LogP contribution in [0.25, 0.3) is 0 Å². The Morgan fingerprint density at radius 1 is 1.00 bits per heavy atom. The SMILES string of the molecule is CCCCCCC(C)(CCC)Cc1oc(=O)oc1C. The zero-order chi connectivity index (χ0) is 14.3. The molecule has 0 bridgehead atoms. The molecule has 0 aromatic carbocycles.